The van der Waals surface area contributed by atoms with Crippen molar-refractivity contribution in [2.75, 3.05) is 13.1 Å². The SMILES string of the molecule is CCCC(C)(O)CNC(=O)CCC(CCN)C(C)(C)C. The van der Waals surface area contributed by atoms with E-state index in [4.69, 9.17) is 5.73 Å². The lowest BCUT2D eigenvalue weighted by atomic mass is 9.76. The first-order valence-corrected chi connectivity index (χ1v) is 7.81. The average Bonchev–Trinajstić information content (AvgIpc) is 2.30. The van der Waals surface area contributed by atoms with Gasteiger partial charge in [0.2, 0.25) is 5.91 Å². The molecule has 0 heterocycles. The van der Waals surface area contributed by atoms with Gasteiger partial charge < -0.3 is 16.2 Å². The minimum atomic E-state index is -0.800. The molecule has 2 unspecified atom stereocenters. The van der Waals surface area contributed by atoms with Gasteiger partial charge in [0.05, 0.1) is 5.60 Å². The molecule has 0 aromatic rings. The fourth-order valence-corrected chi connectivity index (χ4v) is 2.52. The highest BCUT2D eigenvalue weighted by atomic mass is 16.3. The first-order valence-electron chi connectivity index (χ1n) is 7.81. The summed E-state index contributed by atoms with van der Waals surface area (Å²) >= 11 is 0. The number of carbonyl (C=O) groups is 1. The van der Waals surface area contributed by atoms with Crippen LogP contribution in [0, 0.1) is 11.3 Å². The lowest BCUT2D eigenvalue weighted by molar-refractivity contribution is -0.122. The van der Waals surface area contributed by atoms with E-state index in [9.17, 15) is 9.90 Å². The maximum Gasteiger partial charge on any atom is 0.220 e. The maximum absolute atomic E-state index is 11.9. The summed E-state index contributed by atoms with van der Waals surface area (Å²) in [4.78, 5) is 11.9. The normalized spacial score (nSPS) is 16.6. The molecule has 20 heavy (non-hydrogen) atoms. The molecule has 0 fully saturated rings. The lowest BCUT2D eigenvalue weighted by Crippen LogP contribution is -2.40. The van der Waals surface area contributed by atoms with Crippen LogP contribution in [0.2, 0.25) is 0 Å². The average molecular weight is 286 g/mol. The Morgan fingerprint density at radius 1 is 1.25 bits per heavy atom. The summed E-state index contributed by atoms with van der Waals surface area (Å²) in [7, 11) is 0. The fourth-order valence-electron chi connectivity index (χ4n) is 2.52. The lowest BCUT2D eigenvalue weighted by Gasteiger charge is -2.30. The van der Waals surface area contributed by atoms with E-state index < -0.39 is 5.60 Å². The minimum Gasteiger partial charge on any atom is -0.388 e. The number of hydrogen-bond acceptors (Lipinski definition) is 3. The molecule has 4 heteroatoms. The third kappa shape index (κ3) is 8.54. The van der Waals surface area contributed by atoms with Crippen LogP contribution >= 0.6 is 0 Å². The zero-order valence-electron chi connectivity index (χ0n) is 14.0. The first kappa shape index (κ1) is 19.4. The molecule has 0 rings (SSSR count). The van der Waals surface area contributed by atoms with Gasteiger partial charge in [-0.05, 0) is 44.1 Å². The van der Waals surface area contributed by atoms with Crippen molar-refractivity contribution in [3.05, 3.63) is 0 Å². The summed E-state index contributed by atoms with van der Waals surface area (Å²) < 4.78 is 0. The number of carbonyl (C=O) groups excluding carboxylic acids is 1. The molecule has 2 atom stereocenters. The number of hydrogen-bond donors (Lipinski definition) is 3. The number of nitrogens with one attached hydrogen (secondary N) is 1. The van der Waals surface area contributed by atoms with Crippen LogP contribution in [0.1, 0.15) is 66.7 Å². The van der Waals surface area contributed by atoms with Gasteiger partial charge in [0, 0.05) is 13.0 Å². The van der Waals surface area contributed by atoms with E-state index in [1.54, 1.807) is 6.92 Å². The van der Waals surface area contributed by atoms with Gasteiger partial charge in [0.15, 0.2) is 0 Å². The van der Waals surface area contributed by atoms with E-state index in [1.165, 1.54) is 0 Å². The Morgan fingerprint density at radius 2 is 1.85 bits per heavy atom. The van der Waals surface area contributed by atoms with Crippen molar-refractivity contribution in [3.8, 4) is 0 Å². The molecule has 0 spiro atoms. The smallest absolute Gasteiger partial charge is 0.220 e. The van der Waals surface area contributed by atoms with Gasteiger partial charge in [-0.3, -0.25) is 4.79 Å². The standard InChI is InChI=1S/C16H34N2O2/c1-6-10-16(5,20)12-18-14(19)8-7-13(9-11-17)15(2,3)4/h13,20H,6-12,17H2,1-5H3,(H,18,19). The third-order valence-corrected chi connectivity index (χ3v) is 3.91. The van der Waals surface area contributed by atoms with E-state index in [2.05, 4.69) is 26.1 Å². The van der Waals surface area contributed by atoms with Crippen LogP contribution in [0.3, 0.4) is 0 Å². The highest BCUT2D eigenvalue weighted by molar-refractivity contribution is 5.75. The molecule has 4 N–H and O–H groups in total. The van der Waals surface area contributed by atoms with E-state index in [0.29, 0.717) is 31.8 Å². The molecule has 0 saturated carbocycles. The first-order chi connectivity index (χ1) is 9.12. The van der Waals surface area contributed by atoms with Gasteiger partial charge in [-0.2, -0.15) is 0 Å². The second-order valence-corrected chi connectivity index (χ2v) is 7.20. The molecular weight excluding hydrogens is 252 g/mol. The molecule has 0 radical (unpaired) electrons. The van der Waals surface area contributed by atoms with Gasteiger partial charge in [0.1, 0.15) is 0 Å². The Balaban J connectivity index is 4.14. The van der Waals surface area contributed by atoms with Gasteiger partial charge in [-0.25, -0.2) is 0 Å². The second kappa shape index (κ2) is 8.63. The van der Waals surface area contributed by atoms with Gasteiger partial charge in [-0.15, -0.1) is 0 Å². The second-order valence-electron chi connectivity index (χ2n) is 7.20. The van der Waals surface area contributed by atoms with Gasteiger partial charge in [0.25, 0.3) is 0 Å². The summed E-state index contributed by atoms with van der Waals surface area (Å²) in [6, 6.07) is 0. The largest absolute Gasteiger partial charge is 0.388 e. The summed E-state index contributed by atoms with van der Waals surface area (Å²) in [6.45, 7) is 11.4. The summed E-state index contributed by atoms with van der Waals surface area (Å²) in [6.07, 6.45) is 3.91. The molecule has 0 bridgehead atoms. The topological polar surface area (TPSA) is 75.3 Å². The zero-order valence-corrected chi connectivity index (χ0v) is 14.0. The Morgan fingerprint density at radius 3 is 2.30 bits per heavy atom. The zero-order chi connectivity index (χ0) is 15.8. The molecule has 0 aromatic carbocycles. The van der Waals surface area contributed by atoms with Crippen molar-refractivity contribution in [2.24, 2.45) is 17.1 Å². The quantitative estimate of drug-likeness (QED) is 0.609. The van der Waals surface area contributed by atoms with Gasteiger partial charge >= 0.3 is 0 Å². The van der Waals surface area contributed by atoms with Crippen molar-refractivity contribution in [1.82, 2.24) is 5.32 Å². The number of nitrogens with two attached hydrogens (primary N) is 1. The Bertz CT molecular complexity index is 283. The van der Waals surface area contributed by atoms with Crippen molar-refractivity contribution in [3.63, 3.8) is 0 Å². The highest BCUT2D eigenvalue weighted by Crippen LogP contribution is 2.32. The fraction of sp³-hybridized carbons (Fsp3) is 0.938. The van der Waals surface area contributed by atoms with Crippen LogP contribution in [0.15, 0.2) is 0 Å². The predicted octanol–water partition coefficient (Wildman–Crippen LogP) is 2.45. The molecule has 4 nitrogen and oxygen atoms in total. The molecule has 0 aromatic heterocycles. The maximum atomic E-state index is 11.9. The van der Waals surface area contributed by atoms with E-state index in [0.717, 1.165) is 19.3 Å². The van der Waals surface area contributed by atoms with E-state index in [1.807, 2.05) is 6.92 Å². The van der Waals surface area contributed by atoms with Crippen molar-refractivity contribution >= 4 is 5.91 Å². The van der Waals surface area contributed by atoms with Crippen LogP contribution in [-0.2, 0) is 4.79 Å². The summed E-state index contributed by atoms with van der Waals surface area (Å²) in [5, 5.41) is 12.9. The molecular formula is C16H34N2O2. The van der Waals surface area contributed by atoms with Crippen LogP contribution in [0.4, 0.5) is 0 Å². The molecule has 0 saturated heterocycles. The van der Waals surface area contributed by atoms with Crippen LogP contribution < -0.4 is 11.1 Å². The van der Waals surface area contributed by atoms with E-state index in [-0.39, 0.29) is 11.3 Å². The van der Waals surface area contributed by atoms with E-state index >= 15 is 0 Å². The highest BCUT2D eigenvalue weighted by Gasteiger charge is 2.25. The van der Waals surface area contributed by atoms with Crippen molar-refractivity contribution in [2.45, 2.75) is 72.3 Å². The molecule has 0 aliphatic carbocycles. The number of rotatable bonds is 9. The van der Waals surface area contributed by atoms with Crippen LogP contribution in [0.25, 0.3) is 0 Å². The van der Waals surface area contributed by atoms with Crippen molar-refractivity contribution < 1.29 is 9.90 Å². The third-order valence-electron chi connectivity index (χ3n) is 3.91. The Kier molecular flexibility index (Phi) is 8.36. The molecule has 0 aliphatic heterocycles. The molecule has 1 amide bonds. The van der Waals surface area contributed by atoms with Gasteiger partial charge in [-0.1, -0.05) is 34.1 Å². The Labute approximate surface area is 124 Å². The van der Waals surface area contributed by atoms with Crippen LogP contribution in [-0.4, -0.2) is 29.7 Å². The molecule has 120 valence electrons. The monoisotopic (exact) mass is 286 g/mol. The minimum absolute atomic E-state index is 0.0210. The predicted molar refractivity (Wildman–Crippen MR) is 84.4 cm³/mol. The molecule has 0 aliphatic rings. The summed E-state index contributed by atoms with van der Waals surface area (Å²) in [5.74, 6) is 0.474. The number of amides is 1. The van der Waals surface area contributed by atoms with Crippen LogP contribution in [0.5, 0.6) is 0 Å². The number of aliphatic hydroxyl groups is 1. The summed E-state index contributed by atoms with van der Waals surface area (Å²) in [5.41, 5.74) is 5.02. The van der Waals surface area contributed by atoms with Crippen molar-refractivity contribution in [1.29, 1.82) is 0 Å². The Hall–Kier alpha value is -0.610.